The Bertz CT molecular complexity index is 294. The number of hydrogen-bond donors (Lipinski definition) is 1. The lowest BCUT2D eigenvalue weighted by Crippen LogP contribution is -1.98. The molecule has 1 unspecified atom stereocenters. The van der Waals surface area contributed by atoms with E-state index >= 15 is 0 Å². The molecular weight excluding hydrogens is 150 g/mol. The third kappa shape index (κ3) is 1.64. The monoisotopic (exact) mass is 163 g/mol. The molecule has 0 amide bonds. The highest BCUT2D eigenvalue weighted by Crippen LogP contribution is 2.19. The summed E-state index contributed by atoms with van der Waals surface area (Å²) in [6.07, 6.45) is 0.943. The molecule has 1 aromatic carbocycles. The molecule has 64 valence electrons. The summed E-state index contributed by atoms with van der Waals surface area (Å²) >= 11 is 0. The van der Waals surface area contributed by atoms with E-state index in [-0.39, 0.29) is 5.92 Å². The van der Waals surface area contributed by atoms with E-state index in [1.54, 1.807) is 0 Å². The van der Waals surface area contributed by atoms with Crippen LogP contribution in [-0.2, 0) is 4.79 Å². The van der Waals surface area contributed by atoms with Crippen molar-refractivity contribution in [2.45, 2.75) is 19.8 Å². The van der Waals surface area contributed by atoms with Crippen LogP contribution in [0.4, 0.5) is 5.69 Å². The van der Waals surface area contributed by atoms with Gasteiger partial charge in [0, 0.05) is 11.6 Å². The van der Waals surface area contributed by atoms with Gasteiger partial charge < -0.3 is 10.5 Å². The van der Waals surface area contributed by atoms with Gasteiger partial charge in [-0.1, -0.05) is 13.0 Å². The predicted molar refractivity (Wildman–Crippen MR) is 50.1 cm³/mol. The second-order valence-electron chi connectivity index (χ2n) is 3.04. The second kappa shape index (κ2) is 3.39. The zero-order valence-corrected chi connectivity index (χ0v) is 7.37. The van der Waals surface area contributed by atoms with Crippen LogP contribution in [0, 0.1) is 6.92 Å². The van der Waals surface area contributed by atoms with Gasteiger partial charge in [-0.05, 0) is 30.2 Å². The van der Waals surface area contributed by atoms with Gasteiger partial charge in [0.1, 0.15) is 6.29 Å². The Morgan fingerprint density at radius 3 is 2.67 bits per heavy atom. The van der Waals surface area contributed by atoms with E-state index in [0.717, 1.165) is 23.1 Å². The number of benzene rings is 1. The molecule has 0 spiro atoms. The van der Waals surface area contributed by atoms with Gasteiger partial charge in [0.25, 0.3) is 0 Å². The number of carbonyl (C=O) groups excluding carboxylic acids is 1. The van der Waals surface area contributed by atoms with E-state index in [4.69, 9.17) is 5.73 Å². The van der Waals surface area contributed by atoms with Crippen molar-refractivity contribution in [2.24, 2.45) is 0 Å². The zero-order chi connectivity index (χ0) is 9.14. The fraction of sp³-hybridized carbons (Fsp3) is 0.300. The van der Waals surface area contributed by atoms with Crippen LogP contribution in [0.2, 0.25) is 0 Å². The summed E-state index contributed by atoms with van der Waals surface area (Å²) in [5.74, 6) is -0.0365. The minimum absolute atomic E-state index is 0.0365. The van der Waals surface area contributed by atoms with E-state index in [2.05, 4.69) is 0 Å². The molecule has 0 saturated carbocycles. The Hall–Kier alpha value is -1.31. The van der Waals surface area contributed by atoms with E-state index < -0.39 is 0 Å². The topological polar surface area (TPSA) is 43.1 Å². The number of rotatable bonds is 2. The molecule has 0 radical (unpaired) electrons. The molecule has 12 heavy (non-hydrogen) atoms. The predicted octanol–water partition coefficient (Wildman–Crippen LogP) is 1.88. The molecule has 1 atom stereocenters. The summed E-state index contributed by atoms with van der Waals surface area (Å²) in [4.78, 5) is 10.5. The average Bonchev–Trinajstić information content (AvgIpc) is 2.03. The Balaban J connectivity index is 3.09. The van der Waals surface area contributed by atoms with Gasteiger partial charge in [-0.15, -0.1) is 0 Å². The largest absolute Gasteiger partial charge is 0.399 e. The number of anilines is 1. The van der Waals surface area contributed by atoms with Crippen molar-refractivity contribution in [3.05, 3.63) is 29.3 Å². The van der Waals surface area contributed by atoms with Crippen LogP contribution in [0.3, 0.4) is 0 Å². The standard InChI is InChI=1S/C10H13NO/c1-7-5-9(11)3-4-10(7)8(2)6-12/h3-6,8H,11H2,1-2H3. The highest BCUT2D eigenvalue weighted by Gasteiger charge is 2.06. The normalized spacial score (nSPS) is 12.5. The lowest BCUT2D eigenvalue weighted by Gasteiger charge is -2.08. The Morgan fingerprint density at radius 2 is 2.17 bits per heavy atom. The fourth-order valence-corrected chi connectivity index (χ4v) is 1.28. The summed E-state index contributed by atoms with van der Waals surface area (Å²) < 4.78 is 0. The molecule has 2 heteroatoms. The van der Waals surface area contributed by atoms with Gasteiger partial charge >= 0.3 is 0 Å². The highest BCUT2D eigenvalue weighted by molar-refractivity contribution is 5.63. The maximum Gasteiger partial charge on any atom is 0.127 e. The summed E-state index contributed by atoms with van der Waals surface area (Å²) in [6, 6.07) is 5.61. The van der Waals surface area contributed by atoms with Crippen molar-refractivity contribution in [2.75, 3.05) is 5.73 Å². The van der Waals surface area contributed by atoms with Gasteiger partial charge in [0.15, 0.2) is 0 Å². The molecule has 1 rings (SSSR count). The smallest absolute Gasteiger partial charge is 0.127 e. The molecule has 0 aliphatic rings. The molecule has 2 N–H and O–H groups in total. The Kier molecular flexibility index (Phi) is 2.48. The summed E-state index contributed by atoms with van der Waals surface area (Å²) in [7, 11) is 0. The van der Waals surface area contributed by atoms with Crippen molar-refractivity contribution >= 4 is 12.0 Å². The maximum atomic E-state index is 10.5. The second-order valence-corrected chi connectivity index (χ2v) is 3.04. The van der Waals surface area contributed by atoms with Gasteiger partial charge in [0.2, 0.25) is 0 Å². The maximum absolute atomic E-state index is 10.5. The molecule has 2 nitrogen and oxygen atoms in total. The first-order valence-corrected chi connectivity index (χ1v) is 3.96. The quantitative estimate of drug-likeness (QED) is 0.534. The lowest BCUT2D eigenvalue weighted by molar-refractivity contribution is -0.108. The minimum Gasteiger partial charge on any atom is -0.399 e. The molecule has 1 aromatic rings. The molecule has 0 bridgehead atoms. The summed E-state index contributed by atoms with van der Waals surface area (Å²) in [6.45, 7) is 3.84. The van der Waals surface area contributed by atoms with E-state index in [1.165, 1.54) is 0 Å². The first-order chi connectivity index (χ1) is 5.65. The average molecular weight is 163 g/mol. The lowest BCUT2D eigenvalue weighted by atomic mass is 9.97. The molecule has 0 aliphatic carbocycles. The first kappa shape index (κ1) is 8.78. The molecule has 0 saturated heterocycles. The molecule has 0 heterocycles. The van der Waals surface area contributed by atoms with Crippen molar-refractivity contribution in [3.8, 4) is 0 Å². The van der Waals surface area contributed by atoms with E-state index in [1.807, 2.05) is 32.0 Å². The minimum atomic E-state index is -0.0365. The van der Waals surface area contributed by atoms with Crippen LogP contribution in [0.1, 0.15) is 24.0 Å². The number of nitrogens with two attached hydrogens (primary N) is 1. The van der Waals surface area contributed by atoms with Crippen LogP contribution in [0.15, 0.2) is 18.2 Å². The highest BCUT2D eigenvalue weighted by atomic mass is 16.1. The van der Waals surface area contributed by atoms with Gasteiger partial charge in [0.05, 0.1) is 0 Å². The fourth-order valence-electron chi connectivity index (χ4n) is 1.28. The van der Waals surface area contributed by atoms with Crippen molar-refractivity contribution < 1.29 is 4.79 Å². The molecule has 0 aromatic heterocycles. The SMILES string of the molecule is Cc1cc(N)ccc1C(C)C=O. The first-order valence-electron chi connectivity index (χ1n) is 3.96. The molecule has 0 fully saturated rings. The van der Waals surface area contributed by atoms with E-state index in [9.17, 15) is 4.79 Å². The Morgan fingerprint density at radius 1 is 1.50 bits per heavy atom. The number of hydrogen-bond acceptors (Lipinski definition) is 2. The van der Waals surface area contributed by atoms with Gasteiger partial charge in [-0.2, -0.15) is 0 Å². The Labute approximate surface area is 72.4 Å². The van der Waals surface area contributed by atoms with Crippen molar-refractivity contribution in [1.82, 2.24) is 0 Å². The van der Waals surface area contributed by atoms with Crippen molar-refractivity contribution in [1.29, 1.82) is 0 Å². The van der Waals surface area contributed by atoms with Crippen LogP contribution in [0.25, 0.3) is 0 Å². The summed E-state index contributed by atoms with van der Waals surface area (Å²) in [5.41, 5.74) is 8.46. The molecule has 0 aliphatic heterocycles. The number of nitrogen functional groups attached to an aromatic ring is 1. The molecular formula is C10H13NO. The van der Waals surface area contributed by atoms with Crippen molar-refractivity contribution in [3.63, 3.8) is 0 Å². The van der Waals surface area contributed by atoms with E-state index in [0.29, 0.717) is 0 Å². The van der Waals surface area contributed by atoms with Crippen LogP contribution in [0.5, 0.6) is 0 Å². The third-order valence-corrected chi connectivity index (χ3v) is 1.99. The summed E-state index contributed by atoms with van der Waals surface area (Å²) in [5, 5.41) is 0. The van der Waals surface area contributed by atoms with Gasteiger partial charge in [-0.3, -0.25) is 0 Å². The zero-order valence-electron chi connectivity index (χ0n) is 7.37. The third-order valence-electron chi connectivity index (χ3n) is 1.99. The van der Waals surface area contributed by atoms with Crippen LogP contribution >= 0.6 is 0 Å². The number of aryl methyl sites for hydroxylation is 1. The van der Waals surface area contributed by atoms with Crippen LogP contribution in [-0.4, -0.2) is 6.29 Å². The van der Waals surface area contributed by atoms with Gasteiger partial charge in [-0.25, -0.2) is 0 Å². The number of aldehydes is 1. The number of carbonyl (C=O) groups is 1. The van der Waals surface area contributed by atoms with Crippen LogP contribution < -0.4 is 5.73 Å².